The van der Waals surface area contributed by atoms with Gasteiger partial charge in [0, 0.05) is 25.4 Å². The number of halogens is 8. The van der Waals surface area contributed by atoms with Crippen LogP contribution in [0.5, 0.6) is 0 Å². The fourth-order valence-electron chi connectivity index (χ4n) is 2.34. The van der Waals surface area contributed by atoms with Crippen molar-refractivity contribution < 1.29 is 39.3 Å². The molecule has 0 aromatic heterocycles. The Morgan fingerprint density at radius 3 is 1.83 bits per heavy atom. The fourth-order valence-corrected chi connectivity index (χ4v) is 2.47. The maximum atomic E-state index is 13.0. The molecule has 1 amide bonds. The number of quaternary nitrogens is 1. The molecule has 3 nitrogen and oxygen atoms in total. The van der Waals surface area contributed by atoms with E-state index in [1.807, 2.05) is 13.8 Å². The van der Waals surface area contributed by atoms with Crippen LogP contribution in [0.2, 0.25) is 0 Å². The minimum atomic E-state index is -10.7. The van der Waals surface area contributed by atoms with Crippen LogP contribution in [0.15, 0.2) is 0 Å². The molecule has 0 bridgehead atoms. The number of carbonyl (C=O) groups excluding carboxylic acids is 1. The molecule has 1 saturated heterocycles. The second-order valence-electron chi connectivity index (χ2n) is 6.33. The van der Waals surface area contributed by atoms with Crippen molar-refractivity contribution in [3.63, 3.8) is 0 Å². The molecule has 0 aromatic carbocycles. The van der Waals surface area contributed by atoms with Crippen LogP contribution >= 0.6 is 19.4 Å². The Morgan fingerprint density at radius 1 is 1.17 bits per heavy atom. The van der Waals surface area contributed by atoms with Crippen LogP contribution < -0.4 is 4.90 Å². The van der Waals surface area contributed by atoms with Crippen molar-refractivity contribution in [3.05, 3.63) is 0 Å². The zero-order chi connectivity index (χ0) is 19.4. The summed E-state index contributed by atoms with van der Waals surface area (Å²) < 4.78 is 72.2. The average molecular weight is 411 g/mol. The number of carbonyl (C=O) groups is 1. The molecule has 12 heteroatoms. The molecule has 1 aliphatic heterocycles. The summed E-state index contributed by atoms with van der Waals surface area (Å²) in [5.41, 5.74) is -1.90. The second kappa shape index (κ2) is 7.50. The van der Waals surface area contributed by atoms with E-state index in [-0.39, 0.29) is 6.04 Å². The number of amides is 1. The van der Waals surface area contributed by atoms with Gasteiger partial charge in [-0.05, 0) is 5.92 Å². The first kappa shape index (κ1) is 23.7. The quantitative estimate of drug-likeness (QED) is 0.422. The molecule has 1 atom stereocenters. The molecule has 0 aliphatic carbocycles. The van der Waals surface area contributed by atoms with Crippen molar-refractivity contribution in [3.8, 4) is 0 Å². The molecule has 0 saturated carbocycles. The first-order chi connectivity index (χ1) is 10.4. The Labute approximate surface area is 141 Å². The fraction of sp³-hybridized carbons (Fsp3) is 0.917. The van der Waals surface area contributed by atoms with Crippen LogP contribution in [-0.2, 0) is 4.79 Å². The Hall–Kier alpha value is -0.340. The van der Waals surface area contributed by atoms with Gasteiger partial charge >= 0.3 is 33.0 Å². The zero-order valence-corrected chi connectivity index (χ0v) is 15.2. The third-order valence-electron chi connectivity index (χ3n) is 3.28. The van der Waals surface area contributed by atoms with Gasteiger partial charge in [0.15, 0.2) is 0 Å². The molecule has 1 fully saturated rings. The number of hydrogen-bond acceptors (Lipinski definition) is 1. The molecule has 1 rings (SSSR count). The van der Waals surface area contributed by atoms with Crippen molar-refractivity contribution in [2.75, 3.05) is 26.7 Å². The van der Waals surface area contributed by atoms with E-state index in [2.05, 4.69) is 7.05 Å². The monoisotopic (exact) mass is 410 g/mol. The van der Waals surface area contributed by atoms with Crippen molar-refractivity contribution in [1.29, 1.82) is 0 Å². The summed E-state index contributed by atoms with van der Waals surface area (Å²) >= 11 is 5.29. The predicted octanol–water partition coefficient (Wildman–Crippen LogP) is 4.06. The molecule has 1 N–H and O–H groups in total. The normalized spacial score (nSPS) is 25.8. The Bertz CT molecular complexity index is 410. The molecule has 1 aliphatic rings. The third-order valence-corrected chi connectivity index (χ3v) is 3.47. The molecule has 0 spiro atoms. The first-order valence-corrected chi connectivity index (χ1v) is 9.79. The van der Waals surface area contributed by atoms with Gasteiger partial charge in [-0.1, -0.05) is 25.4 Å². The van der Waals surface area contributed by atoms with Crippen LogP contribution in [0.25, 0.3) is 0 Å². The summed E-state index contributed by atoms with van der Waals surface area (Å²) in [7, 11) is -8.51. The predicted molar refractivity (Wildman–Crippen MR) is 80.5 cm³/mol. The van der Waals surface area contributed by atoms with E-state index < -0.39 is 19.3 Å². The Morgan fingerprint density at radius 2 is 1.54 bits per heavy atom. The van der Waals surface area contributed by atoms with Gasteiger partial charge in [0.2, 0.25) is 0 Å². The van der Waals surface area contributed by atoms with Gasteiger partial charge in [-0.15, -0.1) is 0 Å². The molecule has 0 aromatic rings. The summed E-state index contributed by atoms with van der Waals surface area (Å²) in [6.45, 7) is 6.72. The van der Waals surface area contributed by atoms with Gasteiger partial charge in [-0.3, -0.25) is 4.79 Å². The summed E-state index contributed by atoms with van der Waals surface area (Å²) in [4.78, 5) is 14.9. The number of nitrogens with zero attached hydrogens (tertiary/aromatic N) is 1. The van der Waals surface area contributed by atoms with Gasteiger partial charge < -0.3 is 9.80 Å². The Balaban J connectivity index is 0.000000640. The topological polar surface area (TPSA) is 24.8 Å². The summed E-state index contributed by atoms with van der Waals surface area (Å²) in [5.74, 6) is -0.230. The number of likely N-dealkylation sites (tertiary alicyclic amines) is 1. The van der Waals surface area contributed by atoms with Gasteiger partial charge in [-0.25, -0.2) is 4.39 Å². The van der Waals surface area contributed by atoms with E-state index in [1.54, 1.807) is 4.90 Å². The van der Waals surface area contributed by atoms with Gasteiger partial charge in [0.25, 0.3) is 11.5 Å². The van der Waals surface area contributed by atoms with Gasteiger partial charge in [0.05, 0.1) is 20.1 Å². The van der Waals surface area contributed by atoms with Gasteiger partial charge in [0.1, 0.15) is 0 Å². The van der Waals surface area contributed by atoms with Crippen LogP contribution in [-0.4, -0.2) is 49.2 Å². The molecule has 1 heterocycles. The van der Waals surface area contributed by atoms with Crippen LogP contribution in [0.4, 0.5) is 29.6 Å². The van der Waals surface area contributed by atoms with E-state index >= 15 is 0 Å². The van der Waals surface area contributed by atoms with E-state index in [4.69, 9.17) is 11.6 Å². The first-order valence-electron chi connectivity index (χ1n) is 7.33. The maximum absolute atomic E-state index is 13.0. The number of hydrogen-bond donors (Lipinski definition) is 1. The number of alkyl halides is 2. The van der Waals surface area contributed by atoms with Crippen LogP contribution in [0.3, 0.4) is 0 Å². The van der Waals surface area contributed by atoms with Crippen molar-refractivity contribution in [2.45, 2.75) is 38.4 Å². The molecular weight excluding hydrogens is 388 g/mol. The number of piperidine rings is 1. The van der Waals surface area contributed by atoms with Gasteiger partial charge in [-0.2, -0.15) is 0 Å². The van der Waals surface area contributed by atoms with E-state index in [0.717, 1.165) is 25.9 Å². The second-order valence-corrected chi connectivity index (χ2v) is 8.63. The number of nitrogens with one attached hydrogen (secondary N) is 1. The molecule has 24 heavy (non-hydrogen) atoms. The van der Waals surface area contributed by atoms with E-state index in [0.29, 0.717) is 12.5 Å². The summed E-state index contributed by atoms with van der Waals surface area (Å²) in [6.07, 6.45) is 1.88. The third kappa shape index (κ3) is 14.0. The van der Waals surface area contributed by atoms with Crippen LogP contribution in [0.1, 0.15) is 26.7 Å². The standard InChI is InChI=1S/C12H22ClFN2O.F6P/c1-9(2)8-16(12(17)11(13)14)10-4-6-15(3)7-5-10;1-7(2,3,4,5)6/h9-11H,4-8H2,1-3H3;/q;-1/p+1. The minimum absolute atomic E-state index is 0.158. The van der Waals surface area contributed by atoms with Crippen molar-refractivity contribution >= 4 is 25.3 Å². The zero-order valence-electron chi connectivity index (χ0n) is 13.6. The van der Waals surface area contributed by atoms with Crippen molar-refractivity contribution in [2.24, 2.45) is 5.92 Å². The van der Waals surface area contributed by atoms with Crippen LogP contribution in [0, 0.1) is 5.92 Å². The summed E-state index contributed by atoms with van der Waals surface area (Å²) in [6, 6.07) is 0.158. The average Bonchev–Trinajstić information content (AvgIpc) is 2.32. The van der Waals surface area contributed by atoms with Crippen molar-refractivity contribution in [1.82, 2.24) is 4.90 Å². The SMILES string of the molecule is CC(C)CN(C(=O)C(F)Cl)C1CC[NH+](C)CC1.F[P-](F)(F)(F)(F)F. The molecule has 1 unspecified atom stereocenters. The number of rotatable bonds is 4. The molecule has 148 valence electrons. The molecule has 0 radical (unpaired) electrons. The van der Waals surface area contributed by atoms with E-state index in [9.17, 15) is 34.4 Å². The molecular formula is C12H23ClF7N2OP. The van der Waals surface area contributed by atoms with E-state index in [1.165, 1.54) is 4.90 Å². The summed E-state index contributed by atoms with van der Waals surface area (Å²) in [5, 5.41) is 0. The Kier molecular flexibility index (Phi) is 7.39.